The monoisotopic (exact) mass is 660 g/mol. The van der Waals surface area contributed by atoms with Crippen molar-refractivity contribution in [3.8, 4) is 0 Å². The predicted octanol–water partition coefficient (Wildman–Crippen LogP) is 2.63. The van der Waals surface area contributed by atoms with Crippen LogP contribution in [0.1, 0.15) is 79.6 Å². The molecule has 5 fully saturated rings. The zero-order chi connectivity index (χ0) is 34.1. The highest BCUT2D eigenvalue weighted by Gasteiger charge is 2.75. The Kier molecular flexibility index (Phi) is 7.85. The maximum absolute atomic E-state index is 13.0. The summed E-state index contributed by atoms with van der Waals surface area (Å²) in [4.78, 5) is 13.0. The van der Waals surface area contributed by atoms with Crippen LogP contribution in [0.4, 0.5) is 0 Å². The minimum Gasteiger partial charge on any atom is -0.481 e. The number of ether oxygens (including phenoxy) is 2. The van der Waals surface area contributed by atoms with Gasteiger partial charge in [0.15, 0.2) is 6.29 Å². The van der Waals surface area contributed by atoms with Crippen molar-refractivity contribution in [1.82, 2.24) is 0 Å². The van der Waals surface area contributed by atoms with Gasteiger partial charge in [0.05, 0.1) is 30.8 Å². The molecule has 7 rings (SSSR count). The molecule has 7 aliphatic rings. The zero-order valence-corrected chi connectivity index (χ0v) is 28.5. The van der Waals surface area contributed by atoms with Crippen molar-refractivity contribution in [1.29, 1.82) is 0 Å². The number of allylic oxidation sites excluding steroid dienone is 3. The Morgan fingerprint density at radius 2 is 1.62 bits per heavy atom. The summed E-state index contributed by atoms with van der Waals surface area (Å²) in [6.45, 7) is 10.6. The molecule has 4 saturated carbocycles. The fourth-order valence-electron chi connectivity index (χ4n) is 13.2. The molecule has 10 heteroatoms. The van der Waals surface area contributed by atoms with Gasteiger partial charge >= 0.3 is 5.97 Å². The van der Waals surface area contributed by atoms with Crippen molar-refractivity contribution in [3.05, 3.63) is 23.8 Å². The second-order valence-corrected chi connectivity index (χ2v) is 18.0. The first-order valence-electron chi connectivity index (χ1n) is 17.8. The van der Waals surface area contributed by atoms with E-state index in [1.807, 2.05) is 6.92 Å². The number of aliphatic hydroxyl groups excluding tert-OH is 6. The summed E-state index contributed by atoms with van der Waals surface area (Å²) in [5.74, 6) is -1.08. The molecule has 17 unspecified atom stereocenters. The average molecular weight is 661 g/mol. The molecule has 4 bridgehead atoms. The smallest absolute Gasteiger partial charge is 0.310 e. The molecular weight excluding hydrogens is 604 g/mol. The highest BCUT2D eigenvalue weighted by Crippen LogP contribution is 2.78. The van der Waals surface area contributed by atoms with Crippen molar-refractivity contribution in [2.24, 2.45) is 62.1 Å². The van der Waals surface area contributed by atoms with E-state index >= 15 is 0 Å². The summed E-state index contributed by atoms with van der Waals surface area (Å²) in [5, 5.41) is 75.6. The van der Waals surface area contributed by atoms with Crippen LogP contribution < -0.4 is 0 Å². The van der Waals surface area contributed by atoms with Crippen molar-refractivity contribution >= 4 is 5.97 Å². The van der Waals surface area contributed by atoms with Gasteiger partial charge in [0.2, 0.25) is 0 Å². The summed E-state index contributed by atoms with van der Waals surface area (Å²) >= 11 is 0. The Morgan fingerprint density at radius 1 is 0.915 bits per heavy atom. The molecule has 7 N–H and O–H groups in total. The van der Waals surface area contributed by atoms with E-state index < -0.39 is 59.0 Å². The van der Waals surface area contributed by atoms with E-state index in [9.17, 15) is 40.5 Å². The first kappa shape index (κ1) is 34.1. The van der Waals surface area contributed by atoms with Crippen LogP contribution in [0.15, 0.2) is 23.8 Å². The van der Waals surface area contributed by atoms with Crippen LogP contribution in [0.25, 0.3) is 0 Å². The van der Waals surface area contributed by atoms with Crippen LogP contribution in [0.5, 0.6) is 0 Å². The van der Waals surface area contributed by atoms with Crippen LogP contribution >= 0.6 is 0 Å². The minimum atomic E-state index is -1.51. The van der Waals surface area contributed by atoms with E-state index in [1.54, 1.807) is 0 Å². The maximum Gasteiger partial charge on any atom is 0.310 e. The predicted molar refractivity (Wildman–Crippen MR) is 170 cm³/mol. The number of aliphatic carboxylic acids is 1. The standard InChI is InChI=1S/C37H56O10/c1-32(17-38)10-12-37(31(44)45)13-11-34(3)20(22(37)15-32)8-9-24-35(34,4)14-19-6-7-21-25(41)29(33(2,18-39)28(19)36(21,24)5)47-30-27(43)26(42)23(40)16-46-30/h6-8,19,21-30,38-43H,9-18H2,1-5H3,(H,44,45). The fourth-order valence-corrected chi connectivity index (χ4v) is 13.2. The zero-order valence-electron chi connectivity index (χ0n) is 28.5. The second-order valence-electron chi connectivity index (χ2n) is 18.0. The van der Waals surface area contributed by atoms with Crippen molar-refractivity contribution in [2.45, 2.75) is 116 Å². The number of hydrogen-bond acceptors (Lipinski definition) is 9. The van der Waals surface area contributed by atoms with E-state index in [4.69, 9.17) is 9.47 Å². The average Bonchev–Trinajstić information content (AvgIpc) is 3.02. The van der Waals surface area contributed by atoms with Gasteiger partial charge in [-0.15, -0.1) is 0 Å². The quantitative estimate of drug-likeness (QED) is 0.171. The molecule has 264 valence electrons. The molecule has 0 aromatic heterocycles. The Morgan fingerprint density at radius 3 is 2.28 bits per heavy atom. The third kappa shape index (κ3) is 4.22. The molecule has 1 aliphatic heterocycles. The lowest BCUT2D eigenvalue weighted by Crippen LogP contribution is -2.74. The highest BCUT2D eigenvalue weighted by atomic mass is 16.7. The Balaban J connectivity index is 1.29. The summed E-state index contributed by atoms with van der Waals surface area (Å²) in [6, 6.07) is 0. The molecule has 0 aromatic rings. The molecule has 0 spiro atoms. The first-order chi connectivity index (χ1) is 22.0. The third-order valence-electron chi connectivity index (χ3n) is 15.9. The molecule has 0 amide bonds. The molecule has 0 aromatic carbocycles. The van der Waals surface area contributed by atoms with Crippen molar-refractivity contribution < 1.29 is 50.0 Å². The number of carbonyl (C=O) groups is 1. The first-order valence-corrected chi connectivity index (χ1v) is 17.8. The molecule has 6 aliphatic carbocycles. The van der Waals surface area contributed by atoms with Crippen molar-refractivity contribution in [2.75, 3.05) is 19.8 Å². The van der Waals surface area contributed by atoms with Gasteiger partial charge in [0.1, 0.15) is 18.3 Å². The van der Waals surface area contributed by atoms with Gasteiger partial charge in [-0.1, -0.05) is 58.4 Å². The topological polar surface area (TPSA) is 177 Å². The molecule has 1 heterocycles. The van der Waals surface area contributed by atoms with Crippen LogP contribution in [0.2, 0.25) is 0 Å². The number of rotatable bonds is 5. The van der Waals surface area contributed by atoms with E-state index in [0.717, 1.165) is 19.3 Å². The number of aliphatic hydroxyl groups is 6. The number of carboxylic acids is 1. The Bertz CT molecular complexity index is 1350. The van der Waals surface area contributed by atoms with Gasteiger partial charge in [-0.2, -0.15) is 0 Å². The van der Waals surface area contributed by atoms with Gasteiger partial charge < -0.3 is 45.2 Å². The lowest BCUT2D eigenvalue weighted by atomic mass is 9.29. The van der Waals surface area contributed by atoms with E-state index in [1.165, 1.54) is 5.57 Å². The van der Waals surface area contributed by atoms with E-state index in [2.05, 4.69) is 45.9 Å². The second kappa shape index (κ2) is 10.8. The van der Waals surface area contributed by atoms with Gasteiger partial charge in [-0.25, -0.2) is 0 Å². The summed E-state index contributed by atoms with van der Waals surface area (Å²) in [6.07, 6.45) is 4.15. The summed E-state index contributed by atoms with van der Waals surface area (Å²) in [7, 11) is 0. The normalized spacial score (nSPS) is 58.1. The molecule has 10 nitrogen and oxygen atoms in total. The Labute approximate surface area is 277 Å². The van der Waals surface area contributed by atoms with Crippen LogP contribution in [-0.4, -0.2) is 98.3 Å². The molecule has 17 atom stereocenters. The van der Waals surface area contributed by atoms with Crippen LogP contribution in [-0.2, 0) is 14.3 Å². The van der Waals surface area contributed by atoms with Gasteiger partial charge in [0, 0.05) is 17.9 Å². The van der Waals surface area contributed by atoms with Crippen molar-refractivity contribution in [3.63, 3.8) is 0 Å². The van der Waals surface area contributed by atoms with Gasteiger partial charge in [0.25, 0.3) is 0 Å². The summed E-state index contributed by atoms with van der Waals surface area (Å²) in [5.41, 5.74) is -1.75. The third-order valence-corrected chi connectivity index (χ3v) is 15.9. The number of carboxylic acid groups (broad SMARTS) is 1. The lowest BCUT2D eigenvalue weighted by molar-refractivity contribution is -0.341. The molecular formula is C37H56O10. The van der Waals surface area contributed by atoms with Crippen LogP contribution in [0, 0.1) is 62.1 Å². The maximum atomic E-state index is 13.0. The van der Waals surface area contributed by atoms with Gasteiger partial charge in [-0.05, 0) is 90.3 Å². The Hall–Kier alpha value is -1.37. The minimum absolute atomic E-state index is 0.0424. The fraction of sp³-hybridized carbons (Fsp3) is 0.865. The van der Waals surface area contributed by atoms with E-state index in [0.29, 0.717) is 25.7 Å². The number of hydrogen-bond donors (Lipinski definition) is 7. The summed E-state index contributed by atoms with van der Waals surface area (Å²) < 4.78 is 12.0. The largest absolute Gasteiger partial charge is 0.481 e. The van der Waals surface area contributed by atoms with E-state index in [-0.39, 0.29) is 65.7 Å². The molecule has 47 heavy (non-hydrogen) atoms. The number of fused-ring (bicyclic) bond motifs is 5. The highest BCUT2D eigenvalue weighted by molar-refractivity contribution is 5.76. The molecule has 0 radical (unpaired) electrons. The SMILES string of the molecule is CC1(CO)CCC2(C(=O)O)CCC3(C)C(=CCC4C5(C)C6C=CC(CC43C)C5C(C)(CO)C(OC3OCC(O)C(O)C3O)C6O)C2C1. The van der Waals surface area contributed by atoms with Gasteiger partial charge in [-0.3, -0.25) is 4.79 Å². The van der Waals surface area contributed by atoms with Crippen LogP contribution in [0.3, 0.4) is 0 Å². The lowest BCUT2D eigenvalue weighted by Gasteiger charge is -2.75. The molecule has 1 saturated heterocycles.